The Labute approximate surface area is 164 Å². The predicted octanol–water partition coefficient (Wildman–Crippen LogP) is 2.77. The summed E-state index contributed by atoms with van der Waals surface area (Å²) >= 11 is 0. The van der Waals surface area contributed by atoms with E-state index in [1.807, 2.05) is 19.9 Å². The number of ketones is 1. The molecule has 0 saturated heterocycles. The van der Waals surface area contributed by atoms with Crippen LogP contribution in [0.25, 0.3) is 0 Å². The SMILES string of the molecule is CCCS(=O)(=O)NC12C(=O)c3ccccc3C1(O)Oc1cc(C(C)C)ccc12. The van der Waals surface area contributed by atoms with Crippen molar-refractivity contribution < 1.29 is 23.1 Å². The Morgan fingerprint density at radius 3 is 2.54 bits per heavy atom. The number of sulfonamides is 1. The summed E-state index contributed by atoms with van der Waals surface area (Å²) in [4.78, 5) is 13.5. The van der Waals surface area contributed by atoms with Crippen molar-refractivity contribution in [1.82, 2.24) is 4.72 Å². The van der Waals surface area contributed by atoms with Gasteiger partial charge in [-0.25, -0.2) is 8.42 Å². The molecule has 0 amide bonds. The number of aliphatic hydroxyl groups is 1. The molecule has 0 bridgehead atoms. The summed E-state index contributed by atoms with van der Waals surface area (Å²) in [5, 5.41) is 11.6. The average Bonchev–Trinajstić information content (AvgIpc) is 2.98. The van der Waals surface area contributed by atoms with Crippen molar-refractivity contribution >= 4 is 15.8 Å². The van der Waals surface area contributed by atoms with E-state index in [1.165, 1.54) is 0 Å². The average molecular weight is 401 g/mol. The fourth-order valence-corrected chi connectivity index (χ4v) is 5.59. The van der Waals surface area contributed by atoms with E-state index in [0.717, 1.165) is 5.56 Å². The molecule has 6 nitrogen and oxygen atoms in total. The number of ether oxygens (including phenoxy) is 1. The van der Waals surface area contributed by atoms with E-state index in [-0.39, 0.29) is 22.8 Å². The Bertz CT molecular complexity index is 1080. The maximum atomic E-state index is 13.5. The lowest BCUT2D eigenvalue weighted by molar-refractivity contribution is -0.166. The van der Waals surface area contributed by atoms with Gasteiger partial charge in [0.05, 0.1) is 5.75 Å². The molecule has 148 valence electrons. The smallest absolute Gasteiger partial charge is 0.267 e. The van der Waals surface area contributed by atoms with Crippen LogP contribution in [0.2, 0.25) is 0 Å². The second-order valence-corrected chi connectivity index (χ2v) is 9.54. The summed E-state index contributed by atoms with van der Waals surface area (Å²) in [7, 11) is -3.85. The Balaban J connectivity index is 1.99. The first-order valence-corrected chi connectivity index (χ1v) is 11.0. The normalized spacial score (nSPS) is 25.4. The summed E-state index contributed by atoms with van der Waals surface area (Å²) < 4.78 is 33.9. The number of carbonyl (C=O) groups is 1. The van der Waals surface area contributed by atoms with Crippen LogP contribution in [0.5, 0.6) is 5.75 Å². The first kappa shape index (κ1) is 19.1. The zero-order valence-corrected chi connectivity index (χ0v) is 16.8. The van der Waals surface area contributed by atoms with Gasteiger partial charge in [0.25, 0.3) is 5.79 Å². The number of hydrogen-bond donors (Lipinski definition) is 2. The monoisotopic (exact) mass is 401 g/mol. The fraction of sp³-hybridized carbons (Fsp3) is 0.381. The van der Waals surface area contributed by atoms with E-state index < -0.39 is 27.1 Å². The van der Waals surface area contributed by atoms with E-state index in [9.17, 15) is 18.3 Å². The van der Waals surface area contributed by atoms with Gasteiger partial charge in [-0.3, -0.25) is 4.79 Å². The molecular formula is C21H23NO5S. The van der Waals surface area contributed by atoms with Crippen molar-refractivity contribution in [2.45, 2.75) is 44.4 Å². The summed E-state index contributed by atoms with van der Waals surface area (Å²) in [6.07, 6.45) is 0.380. The van der Waals surface area contributed by atoms with Gasteiger partial charge in [0.1, 0.15) is 5.75 Å². The van der Waals surface area contributed by atoms with Gasteiger partial charge in [0, 0.05) is 16.7 Å². The molecule has 1 heterocycles. The molecule has 0 fully saturated rings. The lowest BCUT2D eigenvalue weighted by atomic mass is 9.83. The zero-order chi connectivity index (χ0) is 20.3. The Morgan fingerprint density at radius 2 is 1.86 bits per heavy atom. The van der Waals surface area contributed by atoms with Crippen LogP contribution in [-0.4, -0.2) is 25.1 Å². The summed E-state index contributed by atoms with van der Waals surface area (Å²) in [6.45, 7) is 5.78. The molecule has 28 heavy (non-hydrogen) atoms. The molecule has 2 aliphatic rings. The Kier molecular flexibility index (Phi) is 4.19. The number of Topliss-reactive ketones (excluding diaryl/α,β-unsaturated/α-hetero) is 1. The second-order valence-electron chi connectivity index (χ2n) is 7.70. The van der Waals surface area contributed by atoms with Gasteiger partial charge in [-0.1, -0.05) is 57.2 Å². The third-order valence-corrected chi connectivity index (χ3v) is 7.06. The highest BCUT2D eigenvalue weighted by atomic mass is 32.2. The molecule has 0 aromatic heterocycles. The van der Waals surface area contributed by atoms with Crippen LogP contribution in [0.4, 0.5) is 0 Å². The lowest BCUT2D eigenvalue weighted by Gasteiger charge is -2.34. The van der Waals surface area contributed by atoms with Crippen molar-refractivity contribution in [1.29, 1.82) is 0 Å². The van der Waals surface area contributed by atoms with Crippen molar-refractivity contribution in [3.8, 4) is 5.75 Å². The molecular weight excluding hydrogens is 378 g/mol. The van der Waals surface area contributed by atoms with E-state index >= 15 is 0 Å². The van der Waals surface area contributed by atoms with Gasteiger partial charge >= 0.3 is 0 Å². The highest BCUT2D eigenvalue weighted by Gasteiger charge is 2.72. The molecule has 2 unspecified atom stereocenters. The van der Waals surface area contributed by atoms with Gasteiger partial charge in [-0.05, 0) is 24.0 Å². The standard InChI is InChI=1S/C21H23NO5S/c1-4-11-28(25,26)22-20-17-10-9-14(13(2)3)12-18(17)27-21(20,24)16-8-6-5-7-15(16)19(20)23/h5-10,12-13,22,24H,4,11H2,1-3H3. The molecule has 2 atom stereocenters. The van der Waals surface area contributed by atoms with Crippen LogP contribution in [0, 0.1) is 0 Å². The van der Waals surface area contributed by atoms with Gasteiger partial charge < -0.3 is 9.84 Å². The highest BCUT2D eigenvalue weighted by Crippen LogP contribution is 2.58. The van der Waals surface area contributed by atoms with Crippen LogP contribution in [0.15, 0.2) is 42.5 Å². The first-order valence-electron chi connectivity index (χ1n) is 9.38. The number of hydrogen-bond acceptors (Lipinski definition) is 5. The minimum Gasteiger partial charge on any atom is -0.455 e. The van der Waals surface area contributed by atoms with E-state index in [0.29, 0.717) is 17.7 Å². The molecule has 4 rings (SSSR count). The van der Waals surface area contributed by atoms with Gasteiger partial charge in [-0.2, -0.15) is 4.72 Å². The maximum Gasteiger partial charge on any atom is 0.267 e. The maximum absolute atomic E-state index is 13.5. The van der Waals surface area contributed by atoms with Crippen molar-refractivity contribution in [3.05, 3.63) is 64.7 Å². The molecule has 1 aliphatic carbocycles. The van der Waals surface area contributed by atoms with Crippen LogP contribution < -0.4 is 9.46 Å². The van der Waals surface area contributed by atoms with E-state index in [2.05, 4.69) is 4.72 Å². The van der Waals surface area contributed by atoms with Crippen LogP contribution in [0.3, 0.4) is 0 Å². The highest BCUT2D eigenvalue weighted by molar-refractivity contribution is 7.89. The molecule has 0 saturated carbocycles. The van der Waals surface area contributed by atoms with Crippen molar-refractivity contribution in [2.75, 3.05) is 5.75 Å². The summed E-state index contributed by atoms with van der Waals surface area (Å²) in [6, 6.07) is 11.8. The molecule has 2 N–H and O–H groups in total. The third-order valence-electron chi connectivity index (χ3n) is 5.50. The second kappa shape index (κ2) is 6.14. The molecule has 2 aromatic carbocycles. The third kappa shape index (κ3) is 2.40. The minimum atomic E-state index is -3.85. The predicted molar refractivity (Wildman–Crippen MR) is 105 cm³/mol. The largest absolute Gasteiger partial charge is 0.455 e. The fourth-order valence-electron chi connectivity index (χ4n) is 4.15. The molecule has 7 heteroatoms. The molecule has 2 aromatic rings. The number of rotatable bonds is 5. The lowest BCUT2D eigenvalue weighted by Crippen LogP contribution is -2.60. The number of benzene rings is 2. The van der Waals surface area contributed by atoms with E-state index in [1.54, 1.807) is 43.3 Å². The van der Waals surface area contributed by atoms with Gasteiger partial charge in [-0.15, -0.1) is 0 Å². The van der Waals surface area contributed by atoms with Crippen LogP contribution in [-0.2, 0) is 21.3 Å². The first-order chi connectivity index (χ1) is 13.2. The number of nitrogens with one attached hydrogen (secondary N) is 1. The Hall–Kier alpha value is -2.22. The van der Waals surface area contributed by atoms with Crippen molar-refractivity contribution in [3.63, 3.8) is 0 Å². The number of fused-ring (bicyclic) bond motifs is 5. The minimum absolute atomic E-state index is 0.159. The van der Waals surface area contributed by atoms with Crippen molar-refractivity contribution in [2.24, 2.45) is 0 Å². The van der Waals surface area contributed by atoms with Crippen LogP contribution >= 0.6 is 0 Å². The summed E-state index contributed by atoms with van der Waals surface area (Å²) in [5.41, 5.74) is -0.116. The summed E-state index contributed by atoms with van der Waals surface area (Å²) in [5.74, 6) is -2.29. The quantitative estimate of drug-likeness (QED) is 0.804. The van der Waals surface area contributed by atoms with E-state index in [4.69, 9.17) is 4.74 Å². The zero-order valence-electron chi connectivity index (χ0n) is 16.0. The van der Waals surface area contributed by atoms with Gasteiger partial charge in [0.15, 0.2) is 11.3 Å². The molecule has 0 radical (unpaired) electrons. The number of carbonyl (C=O) groups excluding carboxylic acids is 1. The molecule has 0 spiro atoms. The van der Waals surface area contributed by atoms with Gasteiger partial charge in [0.2, 0.25) is 10.0 Å². The molecule has 1 aliphatic heterocycles. The topological polar surface area (TPSA) is 92.7 Å². The Morgan fingerprint density at radius 1 is 1.14 bits per heavy atom. The van der Waals surface area contributed by atoms with Crippen LogP contribution in [0.1, 0.15) is 60.2 Å².